The lowest BCUT2D eigenvalue weighted by atomic mass is 10.5. The molecule has 5 heteroatoms. The zero-order valence-electron chi connectivity index (χ0n) is 7.18. The maximum atomic E-state index is 5.46. The van der Waals surface area contributed by atoms with Crippen molar-refractivity contribution in [2.75, 3.05) is 0 Å². The molecule has 0 N–H and O–H groups in total. The number of rotatable bonds is 3. The van der Waals surface area contributed by atoms with Crippen molar-refractivity contribution < 1.29 is 4.74 Å². The van der Waals surface area contributed by atoms with Gasteiger partial charge in [-0.05, 0) is 27.4 Å². The number of nitrogens with zero attached hydrogens (tertiary/aromatic N) is 2. The minimum atomic E-state index is 0.557. The minimum Gasteiger partial charge on any atom is -0.472 e. The van der Waals surface area contributed by atoms with Crippen LogP contribution < -0.4 is 4.74 Å². The highest BCUT2D eigenvalue weighted by Gasteiger charge is 1.98. The molecule has 0 aromatic carbocycles. The Morgan fingerprint density at radius 2 is 2.36 bits per heavy atom. The minimum absolute atomic E-state index is 0.557. The fourth-order valence-corrected chi connectivity index (χ4v) is 1.84. The highest BCUT2D eigenvalue weighted by molar-refractivity contribution is 9.10. The molecule has 0 spiro atoms. The summed E-state index contributed by atoms with van der Waals surface area (Å²) < 4.78 is 6.19. The first-order valence-corrected chi connectivity index (χ1v) is 5.64. The molecule has 0 saturated heterocycles. The molecule has 72 valence electrons. The van der Waals surface area contributed by atoms with Crippen LogP contribution >= 0.6 is 27.3 Å². The van der Waals surface area contributed by atoms with Gasteiger partial charge in [0.05, 0.1) is 0 Å². The van der Waals surface area contributed by atoms with Gasteiger partial charge in [0.25, 0.3) is 0 Å². The number of hydrogen-bond acceptors (Lipinski definition) is 4. The van der Waals surface area contributed by atoms with Crippen LogP contribution in [0.3, 0.4) is 0 Å². The van der Waals surface area contributed by atoms with E-state index in [-0.39, 0.29) is 0 Å². The predicted octanol–water partition coefficient (Wildman–Crippen LogP) is 2.88. The standard InChI is InChI=1S/C9H7BrN2OS/c10-8-4-9(12-6-11-8)13-5-7-2-1-3-14-7/h1-4,6H,5H2. The van der Waals surface area contributed by atoms with Crippen molar-refractivity contribution in [3.05, 3.63) is 39.4 Å². The van der Waals surface area contributed by atoms with Crippen LogP contribution in [0.4, 0.5) is 0 Å². The summed E-state index contributed by atoms with van der Waals surface area (Å²) in [5.41, 5.74) is 0. The van der Waals surface area contributed by atoms with Crippen molar-refractivity contribution in [1.29, 1.82) is 0 Å². The average molecular weight is 271 g/mol. The average Bonchev–Trinajstić information content (AvgIpc) is 2.67. The molecule has 0 aliphatic rings. The normalized spacial score (nSPS) is 10.1. The van der Waals surface area contributed by atoms with Gasteiger partial charge in [0.2, 0.25) is 5.88 Å². The van der Waals surface area contributed by atoms with E-state index < -0.39 is 0 Å². The van der Waals surface area contributed by atoms with E-state index in [0.29, 0.717) is 12.5 Å². The summed E-state index contributed by atoms with van der Waals surface area (Å²) in [5.74, 6) is 0.584. The third kappa shape index (κ3) is 2.52. The maximum absolute atomic E-state index is 5.46. The number of hydrogen-bond donors (Lipinski definition) is 0. The Hall–Kier alpha value is -0.940. The smallest absolute Gasteiger partial charge is 0.217 e. The van der Waals surface area contributed by atoms with Gasteiger partial charge in [0, 0.05) is 10.9 Å². The monoisotopic (exact) mass is 270 g/mol. The van der Waals surface area contributed by atoms with E-state index in [1.54, 1.807) is 17.4 Å². The van der Waals surface area contributed by atoms with E-state index in [2.05, 4.69) is 25.9 Å². The van der Waals surface area contributed by atoms with E-state index >= 15 is 0 Å². The summed E-state index contributed by atoms with van der Waals surface area (Å²) in [6, 6.07) is 5.77. The molecule has 2 heterocycles. The van der Waals surface area contributed by atoms with Gasteiger partial charge in [-0.3, -0.25) is 0 Å². The Bertz CT molecular complexity index is 405. The molecule has 0 saturated carbocycles. The van der Waals surface area contributed by atoms with E-state index in [9.17, 15) is 0 Å². The van der Waals surface area contributed by atoms with Crippen LogP contribution in [-0.4, -0.2) is 9.97 Å². The molecular weight excluding hydrogens is 264 g/mol. The first-order valence-electron chi connectivity index (χ1n) is 3.97. The van der Waals surface area contributed by atoms with E-state index in [1.807, 2.05) is 17.5 Å². The van der Waals surface area contributed by atoms with Crippen molar-refractivity contribution in [2.45, 2.75) is 6.61 Å². The van der Waals surface area contributed by atoms with Gasteiger partial charge in [0.1, 0.15) is 17.5 Å². The molecule has 0 amide bonds. The van der Waals surface area contributed by atoms with Crippen LogP contribution in [0.1, 0.15) is 4.88 Å². The number of ether oxygens (including phenoxy) is 1. The van der Waals surface area contributed by atoms with Crippen molar-refractivity contribution >= 4 is 27.3 Å². The molecule has 0 unspecified atom stereocenters. The lowest BCUT2D eigenvalue weighted by Gasteiger charge is -2.02. The second kappa shape index (κ2) is 4.52. The summed E-state index contributed by atoms with van der Waals surface area (Å²) in [6.45, 7) is 0.557. The molecule has 2 aromatic heterocycles. The first-order chi connectivity index (χ1) is 6.84. The molecule has 0 aliphatic heterocycles. The molecule has 0 atom stereocenters. The predicted molar refractivity (Wildman–Crippen MR) is 58.4 cm³/mol. The lowest BCUT2D eigenvalue weighted by Crippen LogP contribution is -1.95. The van der Waals surface area contributed by atoms with Crippen LogP contribution in [0.15, 0.2) is 34.5 Å². The maximum Gasteiger partial charge on any atom is 0.217 e. The number of aromatic nitrogens is 2. The van der Waals surface area contributed by atoms with Crippen molar-refractivity contribution in [3.8, 4) is 5.88 Å². The summed E-state index contributed by atoms with van der Waals surface area (Å²) in [7, 11) is 0. The van der Waals surface area contributed by atoms with E-state index in [0.717, 1.165) is 4.60 Å². The molecule has 0 bridgehead atoms. The van der Waals surface area contributed by atoms with Gasteiger partial charge in [-0.2, -0.15) is 0 Å². The lowest BCUT2D eigenvalue weighted by molar-refractivity contribution is 0.296. The number of halogens is 1. The van der Waals surface area contributed by atoms with Gasteiger partial charge >= 0.3 is 0 Å². The SMILES string of the molecule is Brc1cc(OCc2cccs2)ncn1. The molecular formula is C9H7BrN2OS. The van der Waals surface area contributed by atoms with Crippen LogP contribution in [0.2, 0.25) is 0 Å². The molecule has 2 rings (SSSR count). The Balaban J connectivity index is 1.98. The Morgan fingerprint density at radius 3 is 3.07 bits per heavy atom. The second-order valence-corrected chi connectivity index (χ2v) is 4.39. The highest BCUT2D eigenvalue weighted by atomic mass is 79.9. The number of thiophene rings is 1. The quantitative estimate of drug-likeness (QED) is 0.805. The summed E-state index contributed by atoms with van der Waals surface area (Å²) in [5, 5.41) is 2.02. The van der Waals surface area contributed by atoms with E-state index in [1.165, 1.54) is 11.2 Å². The van der Waals surface area contributed by atoms with Gasteiger partial charge in [-0.15, -0.1) is 11.3 Å². The first kappa shape index (κ1) is 9.61. The largest absolute Gasteiger partial charge is 0.472 e. The van der Waals surface area contributed by atoms with Crippen molar-refractivity contribution in [3.63, 3.8) is 0 Å². The topological polar surface area (TPSA) is 35.0 Å². The third-order valence-electron chi connectivity index (χ3n) is 1.55. The summed E-state index contributed by atoms with van der Waals surface area (Å²) in [4.78, 5) is 9.07. The van der Waals surface area contributed by atoms with Crippen LogP contribution in [0, 0.1) is 0 Å². The Morgan fingerprint density at radius 1 is 1.43 bits per heavy atom. The molecule has 0 aliphatic carbocycles. The second-order valence-electron chi connectivity index (χ2n) is 2.55. The Kier molecular flexibility index (Phi) is 3.10. The van der Waals surface area contributed by atoms with Crippen LogP contribution in [0.25, 0.3) is 0 Å². The van der Waals surface area contributed by atoms with Gasteiger partial charge < -0.3 is 4.74 Å². The summed E-state index contributed by atoms with van der Waals surface area (Å²) in [6.07, 6.45) is 1.47. The van der Waals surface area contributed by atoms with Crippen LogP contribution in [-0.2, 0) is 6.61 Å². The van der Waals surface area contributed by atoms with E-state index in [4.69, 9.17) is 4.74 Å². The zero-order chi connectivity index (χ0) is 9.80. The molecule has 0 fully saturated rings. The third-order valence-corrected chi connectivity index (χ3v) is 2.83. The molecule has 3 nitrogen and oxygen atoms in total. The van der Waals surface area contributed by atoms with Gasteiger partial charge in [-0.25, -0.2) is 9.97 Å². The van der Waals surface area contributed by atoms with Crippen molar-refractivity contribution in [2.24, 2.45) is 0 Å². The Labute approximate surface area is 93.9 Å². The van der Waals surface area contributed by atoms with Crippen LogP contribution in [0.5, 0.6) is 5.88 Å². The fourth-order valence-electron chi connectivity index (χ4n) is 0.936. The molecule has 2 aromatic rings. The van der Waals surface area contributed by atoms with Gasteiger partial charge in [-0.1, -0.05) is 6.07 Å². The zero-order valence-corrected chi connectivity index (χ0v) is 9.59. The highest BCUT2D eigenvalue weighted by Crippen LogP contribution is 2.15. The van der Waals surface area contributed by atoms with Crippen molar-refractivity contribution in [1.82, 2.24) is 9.97 Å². The fraction of sp³-hybridized carbons (Fsp3) is 0.111. The molecule has 14 heavy (non-hydrogen) atoms. The summed E-state index contributed by atoms with van der Waals surface area (Å²) >= 11 is 4.92. The van der Waals surface area contributed by atoms with Gasteiger partial charge in [0.15, 0.2) is 0 Å². The molecule has 0 radical (unpaired) electrons.